The van der Waals surface area contributed by atoms with E-state index < -0.39 is 0 Å². The van der Waals surface area contributed by atoms with Crippen LogP contribution >= 0.6 is 11.3 Å². The number of amides is 1. The van der Waals surface area contributed by atoms with E-state index in [9.17, 15) is 4.79 Å². The van der Waals surface area contributed by atoms with Gasteiger partial charge >= 0.3 is 0 Å². The van der Waals surface area contributed by atoms with E-state index in [1.54, 1.807) is 11.3 Å². The van der Waals surface area contributed by atoms with Gasteiger partial charge in [-0.05, 0) is 36.6 Å². The number of aliphatic hydroxyl groups excluding tert-OH is 1. The van der Waals surface area contributed by atoms with Crippen molar-refractivity contribution in [1.29, 1.82) is 0 Å². The molecule has 0 spiro atoms. The average Bonchev–Trinajstić information content (AvgIpc) is 2.89. The number of hydrogen-bond donors (Lipinski definition) is 1. The number of aryl methyl sites for hydroxylation is 1. The highest BCUT2D eigenvalue weighted by molar-refractivity contribution is 7.09. The third-order valence-electron chi connectivity index (χ3n) is 3.39. The molecule has 2 rings (SSSR count). The summed E-state index contributed by atoms with van der Waals surface area (Å²) in [4.78, 5) is 15.2. The van der Waals surface area contributed by atoms with Gasteiger partial charge in [-0.25, -0.2) is 0 Å². The minimum absolute atomic E-state index is 0.259. The second-order valence-corrected chi connectivity index (χ2v) is 5.62. The summed E-state index contributed by atoms with van der Waals surface area (Å²) in [5.74, 6) is 0.658. The topological polar surface area (TPSA) is 40.5 Å². The fourth-order valence-corrected chi connectivity index (χ4v) is 2.92. The monoisotopic (exact) mass is 253 g/mol. The summed E-state index contributed by atoms with van der Waals surface area (Å²) in [6.45, 7) is 1.89. The fraction of sp³-hybridized carbons (Fsp3) is 0.615. The van der Waals surface area contributed by atoms with Crippen molar-refractivity contribution in [2.45, 2.75) is 25.7 Å². The Bertz CT molecular complexity index is 342. The highest BCUT2D eigenvalue weighted by atomic mass is 32.1. The van der Waals surface area contributed by atoms with E-state index in [4.69, 9.17) is 5.11 Å². The van der Waals surface area contributed by atoms with Gasteiger partial charge in [-0.15, -0.1) is 11.3 Å². The highest BCUT2D eigenvalue weighted by Crippen LogP contribution is 2.18. The first kappa shape index (κ1) is 12.6. The molecule has 1 fully saturated rings. The lowest BCUT2D eigenvalue weighted by molar-refractivity contribution is -0.132. The summed E-state index contributed by atoms with van der Waals surface area (Å²) in [5, 5.41) is 11.1. The summed E-state index contributed by atoms with van der Waals surface area (Å²) in [6.07, 6.45) is 3.36. The van der Waals surface area contributed by atoms with Crippen LogP contribution in [-0.2, 0) is 11.2 Å². The van der Waals surface area contributed by atoms with Gasteiger partial charge in [-0.3, -0.25) is 4.79 Å². The van der Waals surface area contributed by atoms with Crippen molar-refractivity contribution < 1.29 is 9.90 Å². The Morgan fingerprint density at radius 3 is 2.82 bits per heavy atom. The summed E-state index contributed by atoms with van der Waals surface area (Å²) < 4.78 is 0. The van der Waals surface area contributed by atoms with Crippen molar-refractivity contribution in [3.63, 3.8) is 0 Å². The van der Waals surface area contributed by atoms with Crippen LogP contribution in [0.25, 0.3) is 0 Å². The Hall–Kier alpha value is -0.870. The smallest absolute Gasteiger partial charge is 0.222 e. The van der Waals surface area contributed by atoms with Gasteiger partial charge in [0.1, 0.15) is 0 Å². The van der Waals surface area contributed by atoms with Crippen molar-refractivity contribution in [3.05, 3.63) is 22.4 Å². The first-order valence-electron chi connectivity index (χ1n) is 6.20. The summed E-state index contributed by atoms with van der Waals surface area (Å²) in [7, 11) is 0. The molecule has 0 saturated carbocycles. The Labute approximate surface area is 106 Å². The van der Waals surface area contributed by atoms with Crippen molar-refractivity contribution >= 4 is 17.2 Å². The zero-order valence-corrected chi connectivity index (χ0v) is 10.8. The molecule has 1 aliphatic heterocycles. The van der Waals surface area contributed by atoms with Gasteiger partial charge < -0.3 is 10.0 Å². The lowest BCUT2D eigenvalue weighted by Gasteiger charge is -2.31. The quantitative estimate of drug-likeness (QED) is 0.890. The van der Waals surface area contributed by atoms with E-state index in [-0.39, 0.29) is 12.5 Å². The molecule has 1 aliphatic rings. The van der Waals surface area contributed by atoms with Crippen LogP contribution in [0.3, 0.4) is 0 Å². The third-order valence-corrected chi connectivity index (χ3v) is 4.33. The van der Waals surface area contributed by atoms with E-state index in [0.29, 0.717) is 12.3 Å². The molecule has 0 radical (unpaired) electrons. The molecule has 0 aliphatic carbocycles. The van der Waals surface area contributed by atoms with Crippen molar-refractivity contribution in [1.82, 2.24) is 4.90 Å². The molecule has 1 amide bonds. The van der Waals surface area contributed by atoms with E-state index >= 15 is 0 Å². The van der Waals surface area contributed by atoms with E-state index in [2.05, 4.69) is 6.07 Å². The predicted molar refractivity (Wildman–Crippen MR) is 69.0 cm³/mol. The van der Waals surface area contributed by atoms with Crippen LogP contribution in [0.4, 0.5) is 0 Å². The Morgan fingerprint density at radius 1 is 1.47 bits per heavy atom. The molecule has 2 heterocycles. The van der Waals surface area contributed by atoms with Crippen molar-refractivity contribution in [2.24, 2.45) is 5.92 Å². The molecule has 1 N–H and O–H groups in total. The SMILES string of the molecule is O=C(CCc1cccs1)N1CCC(CO)CC1. The Morgan fingerprint density at radius 2 is 2.24 bits per heavy atom. The number of nitrogens with zero attached hydrogens (tertiary/aromatic N) is 1. The number of hydrogen-bond acceptors (Lipinski definition) is 3. The summed E-state index contributed by atoms with van der Waals surface area (Å²) >= 11 is 1.71. The summed E-state index contributed by atoms with van der Waals surface area (Å²) in [5.41, 5.74) is 0. The lowest BCUT2D eigenvalue weighted by Crippen LogP contribution is -2.39. The molecule has 1 aromatic rings. The molecule has 17 heavy (non-hydrogen) atoms. The number of piperidine rings is 1. The van der Waals surface area contributed by atoms with Gasteiger partial charge in [0.05, 0.1) is 0 Å². The van der Waals surface area contributed by atoms with Gasteiger partial charge in [0, 0.05) is 31.0 Å². The lowest BCUT2D eigenvalue weighted by atomic mass is 9.97. The van der Waals surface area contributed by atoms with Crippen LogP contribution < -0.4 is 0 Å². The van der Waals surface area contributed by atoms with Crippen LogP contribution in [0.2, 0.25) is 0 Å². The van der Waals surface area contributed by atoms with Crippen LogP contribution in [-0.4, -0.2) is 35.6 Å². The predicted octanol–water partition coefficient (Wildman–Crippen LogP) is 1.91. The molecule has 1 aromatic heterocycles. The molecule has 0 atom stereocenters. The van der Waals surface area contributed by atoms with Gasteiger partial charge in [0.2, 0.25) is 5.91 Å². The zero-order valence-electron chi connectivity index (χ0n) is 9.97. The molecule has 1 saturated heterocycles. The molecule has 0 bridgehead atoms. The second kappa shape index (κ2) is 6.17. The van der Waals surface area contributed by atoms with Crippen molar-refractivity contribution in [3.8, 4) is 0 Å². The minimum Gasteiger partial charge on any atom is -0.396 e. The molecule has 3 nitrogen and oxygen atoms in total. The number of aliphatic hydroxyl groups is 1. The highest BCUT2D eigenvalue weighted by Gasteiger charge is 2.21. The minimum atomic E-state index is 0.259. The largest absolute Gasteiger partial charge is 0.396 e. The van der Waals surface area contributed by atoms with Crippen LogP contribution in [0.5, 0.6) is 0 Å². The number of likely N-dealkylation sites (tertiary alicyclic amines) is 1. The first-order valence-corrected chi connectivity index (χ1v) is 7.08. The van der Waals surface area contributed by atoms with Gasteiger partial charge in [0.15, 0.2) is 0 Å². The molecule has 4 heteroatoms. The van der Waals surface area contributed by atoms with Gasteiger partial charge in [-0.2, -0.15) is 0 Å². The van der Waals surface area contributed by atoms with Gasteiger partial charge in [-0.1, -0.05) is 6.07 Å². The summed E-state index contributed by atoms with van der Waals surface area (Å²) in [6, 6.07) is 4.10. The van der Waals surface area contributed by atoms with E-state index in [0.717, 1.165) is 32.4 Å². The van der Waals surface area contributed by atoms with E-state index in [1.807, 2.05) is 16.3 Å². The maximum absolute atomic E-state index is 12.0. The van der Waals surface area contributed by atoms with Crippen LogP contribution in [0.15, 0.2) is 17.5 Å². The third kappa shape index (κ3) is 3.54. The zero-order chi connectivity index (χ0) is 12.1. The average molecular weight is 253 g/mol. The number of thiophene rings is 1. The Kier molecular flexibility index (Phi) is 4.57. The number of carbonyl (C=O) groups excluding carboxylic acids is 1. The maximum Gasteiger partial charge on any atom is 0.222 e. The first-order chi connectivity index (χ1) is 8.29. The maximum atomic E-state index is 12.0. The Balaban J connectivity index is 1.73. The fourth-order valence-electron chi connectivity index (χ4n) is 2.21. The molecule has 94 valence electrons. The molecular formula is C13H19NO2S. The van der Waals surface area contributed by atoms with Crippen molar-refractivity contribution in [2.75, 3.05) is 19.7 Å². The number of carbonyl (C=O) groups is 1. The number of rotatable bonds is 4. The molecule has 0 unspecified atom stereocenters. The van der Waals surface area contributed by atoms with Crippen LogP contribution in [0.1, 0.15) is 24.1 Å². The standard InChI is InChI=1S/C13H19NO2S/c15-10-11-5-7-14(8-6-11)13(16)4-3-12-2-1-9-17-12/h1-2,9,11,15H,3-8,10H2. The molecule has 0 aromatic carbocycles. The molecular weight excluding hydrogens is 234 g/mol. The van der Waals surface area contributed by atoms with Crippen LogP contribution in [0, 0.1) is 5.92 Å². The van der Waals surface area contributed by atoms with E-state index in [1.165, 1.54) is 4.88 Å². The normalized spacial score (nSPS) is 17.4. The van der Waals surface area contributed by atoms with Gasteiger partial charge in [0.25, 0.3) is 0 Å². The second-order valence-electron chi connectivity index (χ2n) is 4.59.